The van der Waals surface area contributed by atoms with Crippen LogP contribution >= 0.6 is 34.8 Å². The zero-order valence-electron chi connectivity index (χ0n) is 21.2. The lowest BCUT2D eigenvalue weighted by Crippen LogP contribution is -2.40. The van der Waals surface area contributed by atoms with Crippen LogP contribution in [0.2, 0.25) is 15.1 Å². The summed E-state index contributed by atoms with van der Waals surface area (Å²) < 4.78 is 1.81. The SMILES string of the molecule is Cc1ccc(-n2cc(-c3ccc(Cl)cc3)nc2NC(=O)CN(CC(C)C)C(=O)c2ccc(Cl)cc2Cl)cc1. The van der Waals surface area contributed by atoms with Crippen molar-refractivity contribution in [3.8, 4) is 16.9 Å². The summed E-state index contributed by atoms with van der Waals surface area (Å²) in [4.78, 5) is 32.8. The molecule has 0 aliphatic carbocycles. The molecule has 0 atom stereocenters. The molecule has 9 heteroatoms. The molecule has 0 unspecified atom stereocenters. The maximum absolute atomic E-state index is 13.3. The number of carbonyl (C=O) groups excluding carboxylic acids is 2. The average Bonchev–Trinajstić information content (AvgIpc) is 3.27. The van der Waals surface area contributed by atoms with Gasteiger partial charge in [-0.2, -0.15) is 0 Å². The molecule has 0 fully saturated rings. The van der Waals surface area contributed by atoms with Gasteiger partial charge in [0.1, 0.15) is 6.54 Å². The third kappa shape index (κ3) is 6.76. The van der Waals surface area contributed by atoms with Gasteiger partial charge in [-0.3, -0.25) is 19.5 Å². The third-order valence-corrected chi connectivity index (χ3v) is 6.58. The van der Waals surface area contributed by atoms with E-state index in [-0.39, 0.29) is 34.9 Å². The second-order valence-corrected chi connectivity index (χ2v) is 10.7. The third-order valence-electron chi connectivity index (χ3n) is 5.78. The number of carbonyl (C=O) groups is 2. The Hall–Kier alpha value is -3.32. The van der Waals surface area contributed by atoms with Crippen molar-refractivity contribution >= 4 is 52.6 Å². The molecular formula is C29H27Cl3N4O2. The first-order chi connectivity index (χ1) is 18.1. The van der Waals surface area contributed by atoms with E-state index in [4.69, 9.17) is 39.8 Å². The molecule has 1 N–H and O–H groups in total. The van der Waals surface area contributed by atoms with Crippen LogP contribution in [0.3, 0.4) is 0 Å². The summed E-state index contributed by atoms with van der Waals surface area (Å²) in [5, 5.41) is 4.18. The van der Waals surface area contributed by atoms with E-state index in [0.29, 0.717) is 28.2 Å². The number of halogens is 3. The predicted molar refractivity (Wildman–Crippen MR) is 155 cm³/mol. The summed E-state index contributed by atoms with van der Waals surface area (Å²) in [5.41, 5.74) is 3.75. The quantitative estimate of drug-likeness (QED) is 0.238. The molecule has 38 heavy (non-hydrogen) atoms. The molecule has 3 aromatic carbocycles. The number of rotatable bonds is 8. The van der Waals surface area contributed by atoms with Crippen molar-refractivity contribution in [3.05, 3.63) is 99.1 Å². The largest absolute Gasteiger partial charge is 0.329 e. The zero-order valence-corrected chi connectivity index (χ0v) is 23.5. The number of aryl methyl sites for hydroxylation is 1. The van der Waals surface area contributed by atoms with E-state index in [0.717, 1.165) is 16.8 Å². The number of hydrogen-bond acceptors (Lipinski definition) is 3. The highest BCUT2D eigenvalue weighted by atomic mass is 35.5. The molecular weight excluding hydrogens is 543 g/mol. The first-order valence-electron chi connectivity index (χ1n) is 12.1. The highest BCUT2D eigenvalue weighted by Gasteiger charge is 2.23. The minimum atomic E-state index is -0.384. The molecule has 0 radical (unpaired) electrons. The minimum absolute atomic E-state index is 0.129. The predicted octanol–water partition coefficient (Wildman–Crippen LogP) is 7.54. The van der Waals surface area contributed by atoms with Gasteiger partial charge < -0.3 is 4.90 Å². The Morgan fingerprint density at radius 1 is 0.947 bits per heavy atom. The summed E-state index contributed by atoms with van der Waals surface area (Å²) in [5.74, 6) is -0.265. The van der Waals surface area contributed by atoms with E-state index in [2.05, 4.69) is 5.32 Å². The second kappa shape index (κ2) is 12.0. The zero-order chi connectivity index (χ0) is 27.4. The molecule has 1 aromatic heterocycles. The molecule has 0 aliphatic heterocycles. The maximum Gasteiger partial charge on any atom is 0.255 e. The summed E-state index contributed by atoms with van der Waals surface area (Å²) in [6.07, 6.45) is 1.86. The first kappa shape index (κ1) is 27.7. The van der Waals surface area contributed by atoms with Crippen LogP contribution in [0.15, 0.2) is 72.9 Å². The van der Waals surface area contributed by atoms with Crippen molar-refractivity contribution in [1.82, 2.24) is 14.5 Å². The lowest BCUT2D eigenvalue weighted by Gasteiger charge is -2.24. The minimum Gasteiger partial charge on any atom is -0.329 e. The van der Waals surface area contributed by atoms with E-state index >= 15 is 0 Å². The molecule has 4 aromatic rings. The van der Waals surface area contributed by atoms with Crippen LogP contribution < -0.4 is 5.32 Å². The molecule has 0 saturated heterocycles. The molecule has 6 nitrogen and oxygen atoms in total. The summed E-state index contributed by atoms with van der Waals surface area (Å²) in [6, 6.07) is 19.9. The first-order valence-corrected chi connectivity index (χ1v) is 13.2. The van der Waals surface area contributed by atoms with Crippen LogP contribution in [0, 0.1) is 12.8 Å². The standard InChI is InChI=1S/C29H27Cl3N4O2/c1-18(2)15-35(28(38)24-13-10-22(31)14-25(24)32)17-27(37)34-29-33-26(20-6-8-21(30)9-7-20)16-36(29)23-11-4-19(3)5-12-23/h4-14,16,18H,15,17H2,1-3H3,(H,33,34,37). The van der Waals surface area contributed by atoms with Gasteiger partial charge in [0.25, 0.3) is 5.91 Å². The molecule has 0 bridgehead atoms. The fourth-order valence-electron chi connectivity index (χ4n) is 3.96. The Balaban J connectivity index is 1.63. The van der Waals surface area contributed by atoms with Crippen LogP contribution in [-0.2, 0) is 4.79 Å². The van der Waals surface area contributed by atoms with Crippen molar-refractivity contribution in [1.29, 1.82) is 0 Å². The fraction of sp³-hybridized carbons (Fsp3) is 0.207. The Labute approximate surface area is 237 Å². The number of aromatic nitrogens is 2. The van der Waals surface area contributed by atoms with Crippen LogP contribution in [0.5, 0.6) is 0 Å². The Bertz CT molecular complexity index is 1450. The second-order valence-electron chi connectivity index (χ2n) is 9.41. The average molecular weight is 570 g/mol. The molecule has 0 aliphatic rings. The molecule has 2 amide bonds. The van der Waals surface area contributed by atoms with Gasteiger partial charge in [0, 0.05) is 34.0 Å². The Kier molecular flexibility index (Phi) is 8.77. The molecule has 4 rings (SSSR count). The highest BCUT2D eigenvalue weighted by Crippen LogP contribution is 2.26. The fourth-order valence-corrected chi connectivity index (χ4v) is 4.58. The van der Waals surface area contributed by atoms with Crippen LogP contribution in [0.25, 0.3) is 16.9 Å². The van der Waals surface area contributed by atoms with Crippen LogP contribution in [0.1, 0.15) is 29.8 Å². The highest BCUT2D eigenvalue weighted by molar-refractivity contribution is 6.36. The number of nitrogens with zero attached hydrogens (tertiary/aromatic N) is 3. The van der Waals surface area contributed by atoms with Crippen LogP contribution in [-0.4, -0.2) is 39.4 Å². The lowest BCUT2D eigenvalue weighted by atomic mass is 10.1. The van der Waals surface area contributed by atoms with Crippen molar-refractivity contribution in [2.75, 3.05) is 18.4 Å². The Morgan fingerprint density at radius 2 is 1.61 bits per heavy atom. The van der Waals surface area contributed by atoms with Gasteiger partial charge in [0.15, 0.2) is 0 Å². The van der Waals surface area contributed by atoms with E-state index in [1.165, 1.54) is 11.0 Å². The number of anilines is 1. The Morgan fingerprint density at radius 3 is 2.24 bits per heavy atom. The number of amides is 2. The summed E-state index contributed by atoms with van der Waals surface area (Å²) >= 11 is 18.3. The molecule has 0 saturated carbocycles. The number of imidazole rings is 1. The van der Waals surface area contributed by atoms with E-state index in [1.807, 2.05) is 67.9 Å². The monoisotopic (exact) mass is 568 g/mol. The summed E-state index contributed by atoms with van der Waals surface area (Å²) in [7, 11) is 0. The molecule has 0 spiro atoms. The number of hydrogen-bond donors (Lipinski definition) is 1. The van der Waals surface area contributed by atoms with Crippen molar-refractivity contribution in [2.45, 2.75) is 20.8 Å². The summed E-state index contributed by atoms with van der Waals surface area (Å²) in [6.45, 7) is 6.15. The lowest BCUT2D eigenvalue weighted by molar-refractivity contribution is -0.117. The van der Waals surface area contributed by atoms with Gasteiger partial charge in [-0.1, -0.05) is 78.5 Å². The smallest absolute Gasteiger partial charge is 0.255 e. The molecule has 1 heterocycles. The van der Waals surface area contributed by atoms with Gasteiger partial charge in [-0.25, -0.2) is 4.98 Å². The van der Waals surface area contributed by atoms with Gasteiger partial charge in [0.05, 0.1) is 16.3 Å². The number of nitrogens with one attached hydrogen (secondary N) is 1. The van der Waals surface area contributed by atoms with Gasteiger partial charge >= 0.3 is 0 Å². The van der Waals surface area contributed by atoms with E-state index in [9.17, 15) is 9.59 Å². The number of benzene rings is 3. The van der Waals surface area contributed by atoms with Crippen molar-refractivity contribution in [3.63, 3.8) is 0 Å². The van der Waals surface area contributed by atoms with Gasteiger partial charge in [-0.15, -0.1) is 0 Å². The normalized spacial score (nSPS) is 11.0. The van der Waals surface area contributed by atoms with E-state index in [1.54, 1.807) is 24.3 Å². The molecule has 196 valence electrons. The van der Waals surface area contributed by atoms with Crippen molar-refractivity contribution < 1.29 is 9.59 Å². The maximum atomic E-state index is 13.3. The van der Waals surface area contributed by atoms with Gasteiger partial charge in [-0.05, 0) is 55.3 Å². The van der Waals surface area contributed by atoms with Gasteiger partial charge in [0.2, 0.25) is 11.9 Å². The van der Waals surface area contributed by atoms with Crippen molar-refractivity contribution in [2.24, 2.45) is 5.92 Å². The topological polar surface area (TPSA) is 67.2 Å². The van der Waals surface area contributed by atoms with E-state index < -0.39 is 0 Å². The van der Waals surface area contributed by atoms with Crippen LogP contribution in [0.4, 0.5) is 5.95 Å².